The normalized spacial score (nSPS) is 14.6. The van der Waals surface area contributed by atoms with Gasteiger partial charge in [-0.3, -0.25) is 9.48 Å². The van der Waals surface area contributed by atoms with Gasteiger partial charge in [-0.2, -0.15) is 5.10 Å². The highest BCUT2D eigenvalue weighted by Gasteiger charge is 2.19. The maximum absolute atomic E-state index is 13.1. The molecule has 1 N–H and O–H groups in total. The highest BCUT2D eigenvalue weighted by atomic mass is 16.1. The molecule has 1 aromatic heterocycles. The second-order valence-corrected chi connectivity index (χ2v) is 9.52. The number of benzene rings is 2. The number of amides is 1. The number of nitrogens with one attached hydrogen (secondary N) is 1. The molecule has 0 unspecified atom stereocenters. The monoisotopic (exact) mass is 445 g/mol. The molecule has 0 bridgehead atoms. The first kappa shape index (κ1) is 23.1. The molecule has 6 nitrogen and oxygen atoms in total. The van der Waals surface area contributed by atoms with Crippen LogP contribution in [-0.4, -0.2) is 53.8 Å². The van der Waals surface area contributed by atoms with Gasteiger partial charge in [-0.1, -0.05) is 37.6 Å². The van der Waals surface area contributed by atoms with Crippen LogP contribution in [0.15, 0.2) is 54.9 Å². The molecule has 174 valence electrons. The fourth-order valence-electron chi connectivity index (χ4n) is 4.15. The van der Waals surface area contributed by atoms with Gasteiger partial charge in [0.1, 0.15) is 0 Å². The van der Waals surface area contributed by atoms with Gasteiger partial charge in [-0.05, 0) is 56.1 Å². The van der Waals surface area contributed by atoms with E-state index in [9.17, 15) is 4.79 Å². The Bertz CT molecular complexity index is 1100. The van der Waals surface area contributed by atoms with Crippen LogP contribution in [0, 0.1) is 12.8 Å². The van der Waals surface area contributed by atoms with E-state index in [1.165, 1.54) is 0 Å². The maximum Gasteiger partial charge on any atom is 0.255 e. The summed E-state index contributed by atoms with van der Waals surface area (Å²) in [5, 5.41) is 7.74. The third-order valence-electron chi connectivity index (χ3n) is 6.27. The fourth-order valence-corrected chi connectivity index (χ4v) is 4.15. The van der Waals surface area contributed by atoms with Gasteiger partial charge in [0.2, 0.25) is 0 Å². The summed E-state index contributed by atoms with van der Waals surface area (Å²) in [7, 11) is 2.15. The lowest BCUT2D eigenvalue weighted by atomic mass is 10.1. The number of aromatic nitrogens is 2. The number of hydrogen-bond donors (Lipinski definition) is 1. The predicted octanol–water partition coefficient (Wildman–Crippen LogP) is 4.91. The zero-order valence-electron chi connectivity index (χ0n) is 20.2. The van der Waals surface area contributed by atoms with Gasteiger partial charge < -0.3 is 15.1 Å². The van der Waals surface area contributed by atoms with Crippen molar-refractivity contribution in [3.8, 4) is 11.1 Å². The van der Waals surface area contributed by atoms with Crippen LogP contribution in [0.2, 0.25) is 0 Å². The van der Waals surface area contributed by atoms with E-state index < -0.39 is 0 Å². The van der Waals surface area contributed by atoms with Crippen molar-refractivity contribution < 1.29 is 4.79 Å². The Morgan fingerprint density at radius 2 is 1.85 bits per heavy atom. The first-order valence-corrected chi connectivity index (χ1v) is 11.9. The van der Waals surface area contributed by atoms with Gasteiger partial charge >= 0.3 is 0 Å². The molecule has 3 aromatic rings. The third kappa shape index (κ3) is 5.82. The molecule has 0 saturated carbocycles. The van der Waals surface area contributed by atoms with E-state index in [1.807, 2.05) is 42.1 Å². The number of anilines is 2. The Labute approximate surface area is 197 Å². The Kier molecular flexibility index (Phi) is 7.14. The topological polar surface area (TPSA) is 53.4 Å². The van der Waals surface area contributed by atoms with Crippen LogP contribution >= 0.6 is 0 Å². The number of hydrogen-bond acceptors (Lipinski definition) is 4. The number of carbonyl (C=O) groups is 1. The molecular formula is C27H35N5O. The summed E-state index contributed by atoms with van der Waals surface area (Å²) < 4.78 is 2.01. The Hall–Kier alpha value is -3.12. The third-order valence-corrected chi connectivity index (χ3v) is 6.27. The van der Waals surface area contributed by atoms with Crippen molar-refractivity contribution in [2.24, 2.45) is 5.92 Å². The lowest BCUT2D eigenvalue weighted by molar-refractivity contribution is 0.102. The molecule has 0 atom stereocenters. The maximum atomic E-state index is 13.1. The van der Waals surface area contributed by atoms with E-state index in [4.69, 9.17) is 0 Å². The van der Waals surface area contributed by atoms with Crippen molar-refractivity contribution in [1.29, 1.82) is 0 Å². The SMILES string of the molecule is Cc1cccc(C(=O)Nc2cc(-c3cnn(CCC(C)C)c3)ccc2N2CCN(C)CC2)c1. The smallest absolute Gasteiger partial charge is 0.255 e. The molecule has 33 heavy (non-hydrogen) atoms. The molecule has 2 heterocycles. The minimum Gasteiger partial charge on any atom is -0.367 e. The predicted molar refractivity (Wildman–Crippen MR) is 136 cm³/mol. The highest BCUT2D eigenvalue weighted by molar-refractivity contribution is 6.06. The molecule has 1 amide bonds. The Balaban J connectivity index is 1.63. The van der Waals surface area contributed by atoms with Crippen LogP contribution in [0.25, 0.3) is 11.1 Å². The lowest BCUT2D eigenvalue weighted by Gasteiger charge is -2.35. The number of rotatable bonds is 7. The van der Waals surface area contributed by atoms with Crippen LogP contribution in [0.1, 0.15) is 36.2 Å². The molecular weight excluding hydrogens is 410 g/mol. The van der Waals surface area contributed by atoms with Crippen LogP contribution < -0.4 is 10.2 Å². The summed E-state index contributed by atoms with van der Waals surface area (Å²) in [6.45, 7) is 11.3. The average Bonchev–Trinajstić information content (AvgIpc) is 3.27. The van der Waals surface area contributed by atoms with Crippen molar-refractivity contribution in [3.63, 3.8) is 0 Å². The van der Waals surface area contributed by atoms with Crippen LogP contribution in [0.5, 0.6) is 0 Å². The van der Waals surface area contributed by atoms with E-state index in [1.54, 1.807) is 0 Å². The number of likely N-dealkylation sites (N-methyl/N-ethyl adjacent to an activating group) is 1. The number of carbonyl (C=O) groups excluding carboxylic acids is 1. The van der Waals surface area contributed by atoms with E-state index in [2.05, 4.69) is 65.5 Å². The molecule has 0 aliphatic carbocycles. The van der Waals surface area contributed by atoms with Gasteiger partial charge in [0.25, 0.3) is 5.91 Å². The summed E-state index contributed by atoms with van der Waals surface area (Å²) in [5.74, 6) is 0.558. The molecule has 0 spiro atoms. The summed E-state index contributed by atoms with van der Waals surface area (Å²) in [6.07, 6.45) is 5.11. The van der Waals surface area contributed by atoms with Crippen molar-refractivity contribution >= 4 is 17.3 Å². The van der Waals surface area contributed by atoms with Gasteiger partial charge in [-0.15, -0.1) is 0 Å². The fraction of sp³-hybridized carbons (Fsp3) is 0.407. The standard InChI is InChI=1S/C27H35N5O/c1-20(2)10-11-32-19-24(18-28-32)22-8-9-26(31-14-12-30(4)13-15-31)25(17-22)29-27(33)23-7-5-6-21(3)16-23/h5-9,16-20H,10-15H2,1-4H3,(H,29,33). The Morgan fingerprint density at radius 1 is 1.06 bits per heavy atom. The molecule has 1 aliphatic heterocycles. The van der Waals surface area contributed by atoms with Gasteiger partial charge in [0.05, 0.1) is 17.6 Å². The zero-order valence-corrected chi connectivity index (χ0v) is 20.2. The summed E-state index contributed by atoms with van der Waals surface area (Å²) in [5.41, 5.74) is 5.78. The summed E-state index contributed by atoms with van der Waals surface area (Å²) in [6, 6.07) is 14.1. The molecule has 4 rings (SSSR count). The lowest BCUT2D eigenvalue weighted by Crippen LogP contribution is -2.44. The second-order valence-electron chi connectivity index (χ2n) is 9.52. The van der Waals surface area contributed by atoms with Crippen molar-refractivity contribution in [1.82, 2.24) is 14.7 Å². The van der Waals surface area contributed by atoms with Crippen LogP contribution in [-0.2, 0) is 6.54 Å². The molecule has 1 fully saturated rings. The Morgan fingerprint density at radius 3 is 2.58 bits per heavy atom. The molecule has 1 saturated heterocycles. The summed E-state index contributed by atoms with van der Waals surface area (Å²) in [4.78, 5) is 17.8. The number of aryl methyl sites for hydroxylation is 2. The van der Waals surface area contributed by atoms with Crippen molar-refractivity contribution in [2.75, 3.05) is 43.4 Å². The van der Waals surface area contributed by atoms with Crippen molar-refractivity contribution in [2.45, 2.75) is 33.7 Å². The van der Waals surface area contributed by atoms with Gasteiger partial charge in [0, 0.05) is 50.0 Å². The zero-order chi connectivity index (χ0) is 23.4. The summed E-state index contributed by atoms with van der Waals surface area (Å²) >= 11 is 0. The average molecular weight is 446 g/mol. The van der Waals surface area contributed by atoms with E-state index in [0.717, 1.165) is 67.2 Å². The van der Waals surface area contributed by atoms with Gasteiger partial charge in [0.15, 0.2) is 0 Å². The van der Waals surface area contributed by atoms with Crippen LogP contribution in [0.4, 0.5) is 11.4 Å². The number of piperazine rings is 1. The highest BCUT2D eigenvalue weighted by Crippen LogP contribution is 2.32. The molecule has 2 aromatic carbocycles. The second kappa shape index (κ2) is 10.2. The van der Waals surface area contributed by atoms with E-state index in [-0.39, 0.29) is 5.91 Å². The first-order chi connectivity index (χ1) is 15.9. The molecule has 1 aliphatic rings. The molecule has 0 radical (unpaired) electrons. The van der Waals surface area contributed by atoms with Crippen LogP contribution in [0.3, 0.4) is 0 Å². The first-order valence-electron chi connectivity index (χ1n) is 11.9. The van der Waals surface area contributed by atoms with Crippen molar-refractivity contribution in [3.05, 3.63) is 66.0 Å². The minimum absolute atomic E-state index is 0.0844. The molecule has 6 heteroatoms. The van der Waals surface area contributed by atoms with E-state index >= 15 is 0 Å². The van der Waals surface area contributed by atoms with Gasteiger partial charge in [-0.25, -0.2) is 0 Å². The largest absolute Gasteiger partial charge is 0.367 e. The quantitative estimate of drug-likeness (QED) is 0.562. The van der Waals surface area contributed by atoms with E-state index in [0.29, 0.717) is 11.5 Å². The number of nitrogens with zero attached hydrogens (tertiary/aromatic N) is 4. The minimum atomic E-state index is -0.0844.